The number of ether oxygens (including phenoxy) is 2. The Kier molecular flexibility index (Phi) is 4.76. The SMILES string of the molecule is CC1(C)c2cc(OC[C@H](O)CO)ccc2C(=O)c2c1[nH]c1cc(OC(N)=O)ccc21. The number of aliphatic hydroxyl groups excluding tert-OH is 2. The van der Waals surface area contributed by atoms with Crippen molar-refractivity contribution in [3.63, 3.8) is 0 Å². The van der Waals surface area contributed by atoms with Crippen molar-refractivity contribution in [2.24, 2.45) is 5.73 Å². The van der Waals surface area contributed by atoms with Gasteiger partial charge in [0.25, 0.3) is 0 Å². The van der Waals surface area contributed by atoms with E-state index in [-0.39, 0.29) is 18.1 Å². The molecule has 1 amide bonds. The first-order chi connectivity index (χ1) is 14.2. The molecular weight excluding hydrogens is 388 g/mol. The molecule has 0 bridgehead atoms. The Morgan fingerprint density at radius 1 is 1.20 bits per heavy atom. The van der Waals surface area contributed by atoms with Crippen molar-refractivity contribution in [3.8, 4) is 11.5 Å². The highest BCUT2D eigenvalue weighted by atomic mass is 16.5. The first-order valence-electron chi connectivity index (χ1n) is 9.46. The fourth-order valence-electron chi connectivity index (χ4n) is 3.90. The zero-order valence-electron chi connectivity index (χ0n) is 16.6. The maximum atomic E-state index is 13.3. The molecule has 2 aromatic carbocycles. The lowest BCUT2D eigenvalue weighted by Crippen LogP contribution is -2.30. The minimum absolute atomic E-state index is 0.0516. The van der Waals surface area contributed by atoms with Gasteiger partial charge in [-0.15, -0.1) is 0 Å². The van der Waals surface area contributed by atoms with Gasteiger partial charge in [0.15, 0.2) is 5.78 Å². The summed E-state index contributed by atoms with van der Waals surface area (Å²) in [4.78, 5) is 27.7. The maximum Gasteiger partial charge on any atom is 0.409 e. The zero-order chi connectivity index (χ0) is 21.6. The Balaban J connectivity index is 1.79. The number of hydrogen-bond acceptors (Lipinski definition) is 6. The second kappa shape index (κ2) is 7.16. The molecule has 8 nitrogen and oxygen atoms in total. The summed E-state index contributed by atoms with van der Waals surface area (Å²) in [5, 5.41) is 19.2. The number of carbonyl (C=O) groups excluding carboxylic acids is 2. The third-order valence-electron chi connectivity index (χ3n) is 5.40. The highest BCUT2D eigenvalue weighted by molar-refractivity contribution is 6.20. The van der Waals surface area contributed by atoms with Crippen LogP contribution in [0.4, 0.5) is 4.79 Å². The van der Waals surface area contributed by atoms with E-state index >= 15 is 0 Å². The molecule has 1 aliphatic carbocycles. The summed E-state index contributed by atoms with van der Waals surface area (Å²) in [6.45, 7) is 3.55. The van der Waals surface area contributed by atoms with Crippen molar-refractivity contribution in [2.45, 2.75) is 25.4 Å². The molecular formula is C22H22N2O6. The average Bonchev–Trinajstić information content (AvgIpc) is 3.10. The number of fused-ring (bicyclic) bond motifs is 4. The zero-order valence-corrected chi connectivity index (χ0v) is 16.6. The molecule has 4 rings (SSSR count). The van der Waals surface area contributed by atoms with Crippen LogP contribution in [-0.4, -0.2) is 46.4 Å². The molecule has 1 aliphatic rings. The minimum atomic E-state index is -0.979. The normalized spacial score (nSPS) is 15.4. The second-order valence-electron chi connectivity index (χ2n) is 7.81. The molecule has 30 heavy (non-hydrogen) atoms. The predicted octanol–water partition coefficient (Wildman–Crippen LogP) is 2.23. The van der Waals surface area contributed by atoms with Gasteiger partial charge in [-0.25, -0.2) is 4.79 Å². The largest absolute Gasteiger partial charge is 0.491 e. The molecule has 0 unspecified atom stereocenters. The summed E-state index contributed by atoms with van der Waals surface area (Å²) in [5.74, 6) is 0.671. The quantitative estimate of drug-likeness (QED) is 0.509. The number of amides is 1. The first-order valence-corrected chi connectivity index (χ1v) is 9.46. The van der Waals surface area contributed by atoms with Gasteiger partial charge in [-0.3, -0.25) is 4.79 Å². The molecule has 0 saturated carbocycles. The van der Waals surface area contributed by atoms with Gasteiger partial charge < -0.3 is 30.4 Å². The van der Waals surface area contributed by atoms with Gasteiger partial charge in [-0.1, -0.05) is 13.8 Å². The highest BCUT2D eigenvalue weighted by Gasteiger charge is 2.39. The average molecular weight is 410 g/mol. The number of carbonyl (C=O) groups is 2. The number of H-pyrrole nitrogens is 1. The summed E-state index contributed by atoms with van der Waals surface area (Å²) in [6, 6.07) is 10.1. The van der Waals surface area contributed by atoms with Crippen LogP contribution in [0.1, 0.15) is 41.0 Å². The van der Waals surface area contributed by atoms with Crippen molar-refractivity contribution in [3.05, 3.63) is 58.8 Å². The van der Waals surface area contributed by atoms with E-state index in [9.17, 15) is 14.7 Å². The lowest BCUT2D eigenvalue weighted by atomic mass is 9.71. The molecule has 0 spiro atoms. The van der Waals surface area contributed by atoms with Crippen LogP contribution < -0.4 is 15.2 Å². The summed E-state index contributed by atoms with van der Waals surface area (Å²) < 4.78 is 10.5. The molecule has 0 aliphatic heterocycles. The van der Waals surface area contributed by atoms with Crippen LogP contribution in [0, 0.1) is 0 Å². The number of rotatable bonds is 5. The molecule has 8 heteroatoms. The summed E-state index contributed by atoms with van der Waals surface area (Å²) >= 11 is 0. The van der Waals surface area contributed by atoms with Gasteiger partial charge >= 0.3 is 6.09 Å². The van der Waals surface area contributed by atoms with Crippen LogP contribution in [0.3, 0.4) is 0 Å². The Morgan fingerprint density at radius 3 is 2.63 bits per heavy atom. The van der Waals surface area contributed by atoms with Gasteiger partial charge in [0.2, 0.25) is 0 Å². The van der Waals surface area contributed by atoms with Crippen LogP contribution in [-0.2, 0) is 5.41 Å². The fourth-order valence-corrected chi connectivity index (χ4v) is 3.90. The molecule has 1 aromatic heterocycles. The van der Waals surface area contributed by atoms with Gasteiger partial charge in [0, 0.05) is 28.1 Å². The number of aromatic amines is 1. The Morgan fingerprint density at radius 2 is 1.93 bits per heavy atom. The van der Waals surface area contributed by atoms with Crippen molar-refractivity contribution < 1.29 is 29.3 Å². The molecule has 1 heterocycles. The number of aromatic nitrogens is 1. The van der Waals surface area contributed by atoms with Crippen LogP contribution in [0.25, 0.3) is 10.9 Å². The number of ketones is 1. The number of aliphatic hydroxyl groups is 2. The smallest absolute Gasteiger partial charge is 0.409 e. The number of nitrogens with two attached hydrogens (primary N) is 1. The third kappa shape index (κ3) is 3.20. The van der Waals surface area contributed by atoms with Crippen molar-refractivity contribution >= 4 is 22.8 Å². The molecule has 0 radical (unpaired) electrons. The Hall–Kier alpha value is -3.36. The number of primary amides is 1. The molecule has 0 saturated heterocycles. The van der Waals surface area contributed by atoms with E-state index in [0.29, 0.717) is 22.4 Å². The first kappa shape index (κ1) is 19.9. The van der Waals surface area contributed by atoms with Gasteiger partial charge in [0.05, 0.1) is 17.7 Å². The van der Waals surface area contributed by atoms with E-state index < -0.39 is 24.2 Å². The van der Waals surface area contributed by atoms with E-state index in [1.807, 2.05) is 13.8 Å². The summed E-state index contributed by atoms with van der Waals surface area (Å²) in [5.41, 5.74) is 7.89. The summed E-state index contributed by atoms with van der Waals surface area (Å²) in [6.07, 6.45) is -1.89. The molecule has 0 fully saturated rings. The van der Waals surface area contributed by atoms with E-state index in [2.05, 4.69) is 4.98 Å². The van der Waals surface area contributed by atoms with Crippen LogP contribution in [0.15, 0.2) is 36.4 Å². The van der Waals surface area contributed by atoms with Gasteiger partial charge in [0.1, 0.15) is 24.2 Å². The lowest BCUT2D eigenvalue weighted by Gasteiger charge is -2.32. The van der Waals surface area contributed by atoms with Crippen molar-refractivity contribution in [1.82, 2.24) is 4.98 Å². The van der Waals surface area contributed by atoms with E-state index in [4.69, 9.17) is 20.3 Å². The predicted molar refractivity (Wildman–Crippen MR) is 109 cm³/mol. The number of benzene rings is 2. The second-order valence-corrected chi connectivity index (χ2v) is 7.81. The van der Waals surface area contributed by atoms with Crippen molar-refractivity contribution in [2.75, 3.05) is 13.2 Å². The Bertz CT molecular complexity index is 1160. The fraction of sp³-hybridized carbons (Fsp3) is 0.273. The number of hydrogen-bond donors (Lipinski definition) is 4. The topological polar surface area (TPSA) is 135 Å². The molecule has 156 valence electrons. The minimum Gasteiger partial charge on any atom is -0.491 e. The molecule has 3 aromatic rings. The summed E-state index contributed by atoms with van der Waals surface area (Å²) in [7, 11) is 0. The van der Waals surface area contributed by atoms with E-state index in [1.54, 1.807) is 36.4 Å². The monoisotopic (exact) mass is 410 g/mol. The standard InChI is InChI=1S/C22H22N2O6/c1-22(2)16-7-12(29-10-11(26)9-25)3-5-14(16)19(27)18-15-6-4-13(30-21(23)28)8-17(15)24-20(18)22/h3-8,11,24-26H,9-10H2,1-2H3,(H2,23,28)/t11-/m1/s1. The Labute approximate surface area is 172 Å². The van der Waals surface area contributed by atoms with Crippen molar-refractivity contribution in [1.29, 1.82) is 0 Å². The van der Waals surface area contributed by atoms with Gasteiger partial charge in [-0.2, -0.15) is 0 Å². The molecule has 5 N–H and O–H groups in total. The highest BCUT2D eigenvalue weighted by Crippen LogP contribution is 2.45. The lowest BCUT2D eigenvalue weighted by molar-refractivity contribution is 0.0535. The van der Waals surface area contributed by atoms with E-state index in [1.165, 1.54) is 0 Å². The van der Waals surface area contributed by atoms with Crippen LogP contribution in [0.2, 0.25) is 0 Å². The van der Waals surface area contributed by atoms with E-state index in [0.717, 1.165) is 16.6 Å². The third-order valence-corrected chi connectivity index (χ3v) is 5.40. The van der Waals surface area contributed by atoms with Gasteiger partial charge in [-0.05, 0) is 35.9 Å². The molecule has 1 atom stereocenters. The van der Waals surface area contributed by atoms with Crippen LogP contribution >= 0.6 is 0 Å². The van der Waals surface area contributed by atoms with Crippen LogP contribution in [0.5, 0.6) is 11.5 Å². The number of nitrogens with one attached hydrogen (secondary N) is 1. The maximum absolute atomic E-state index is 13.3.